The Kier molecular flexibility index (Phi) is 5.68. The van der Waals surface area contributed by atoms with Gasteiger partial charge in [0, 0.05) is 12.1 Å². The standard InChI is InChI=1S/C22H31NO4/c1-22(2,3)27-21(24)23-17-7-6-8-18(23)11-15(10-17)9-16-12-19(25-4)14-20(13-16)26-5/h10,12-14,17-18H,6-9,11H2,1-5H3. The summed E-state index contributed by atoms with van der Waals surface area (Å²) < 4.78 is 16.4. The minimum absolute atomic E-state index is 0.134. The van der Waals surface area contributed by atoms with Gasteiger partial charge < -0.3 is 14.2 Å². The second-order valence-electron chi connectivity index (χ2n) is 8.47. The van der Waals surface area contributed by atoms with Gasteiger partial charge in [0.2, 0.25) is 0 Å². The second-order valence-corrected chi connectivity index (χ2v) is 8.47. The Morgan fingerprint density at radius 3 is 2.33 bits per heavy atom. The van der Waals surface area contributed by atoms with E-state index in [1.54, 1.807) is 14.2 Å². The maximum atomic E-state index is 12.7. The number of carbonyl (C=O) groups excluding carboxylic acids is 1. The first-order valence-corrected chi connectivity index (χ1v) is 9.72. The molecule has 0 aliphatic carbocycles. The minimum atomic E-state index is -0.466. The molecular formula is C22H31NO4. The Hall–Kier alpha value is -2.17. The van der Waals surface area contributed by atoms with Gasteiger partial charge in [-0.2, -0.15) is 0 Å². The van der Waals surface area contributed by atoms with E-state index < -0.39 is 5.60 Å². The summed E-state index contributed by atoms with van der Waals surface area (Å²) in [5.74, 6) is 1.60. The van der Waals surface area contributed by atoms with Gasteiger partial charge in [-0.15, -0.1) is 0 Å². The molecule has 0 N–H and O–H groups in total. The lowest BCUT2D eigenvalue weighted by Gasteiger charge is -2.45. The number of benzene rings is 1. The monoisotopic (exact) mass is 373 g/mol. The van der Waals surface area contributed by atoms with Gasteiger partial charge in [-0.1, -0.05) is 11.6 Å². The fraction of sp³-hybridized carbons (Fsp3) is 0.591. The molecule has 0 aromatic heterocycles. The van der Waals surface area contributed by atoms with Crippen LogP contribution in [0.15, 0.2) is 29.8 Å². The van der Waals surface area contributed by atoms with E-state index in [0.29, 0.717) is 0 Å². The van der Waals surface area contributed by atoms with Crippen LogP contribution in [0.2, 0.25) is 0 Å². The second kappa shape index (κ2) is 7.83. The van der Waals surface area contributed by atoms with Crippen LogP contribution in [0, 0.1) is 0 Å². The van der Waals surface area contributed by atoms with E-state index in [-0.39, 0.29) is 18.2 Å². The van der Waals surface area contributed by atoms with Crippen LogP contribution in [0.1, 0.15) is 52.0 Å². The molecule has 5 heteroatoms. The third kappa shape index (κ3) is 4.76. The predicted octanol–water partition coefficient (Wildman–Crippen LogP) is 4.73. The van der Waals surface area contributed by atoms with Crippen molar-refractivity contribution in [2.24, 2.45) is 0 Å². The summed E-state index contributed by atoms with van der Waals surface area (Å²) in [6, 6.07) is 6.36. The van der Waals surface area contributed by atoms with Crippen molar-refractivity contribution in [3.8, 4) is 11.5 Å². The zero-order chi connectivity index (χ0) is 19.6. The number of hydrogen-bond acceptors (Lipinski definition) is 4. The molecule has 0 saturated carbocycles. The lowest BCUT2D eigenvalue weighted by Crippen LogP contribution is -2.53. The van der Waals surface area contributed by atoms with Crippen molar-refractivity contribution in [1.29, 1.82) is 0 Å². The summed E-state index contributed by atoms with van der Waals surface area (Å²) >= 11 is 0. The highest BCUT2D eigenvalue weighted by Gasteiger charge is 2.39. The molecule has 1 aromatic rings. The number of rotatable bonds is 4. The zero-order valence-corrected chi connectivity index (χ0v) is 17.1. The van der Waals surface area contributed by atoms with Gasteiger partial charge in [0.25, 0.3) is 0 Å². The van der Waals surface area contributed by atoms with Gasteiger partial charge in [0.15, 0.2) is 0 Å². The Labute approximate surface area is 162 Å². The smallest absolute Gasteiger partial charge is 0.411 e. The lowest BCUT2D eigenvalue weighted by atomic mass is 9.83. The van der Waals surface area contributed by atoms with E-state index in [1.807, 2.05) is 31.7 Å². The van der Waals surface area contributed by atoms with Crippen LogP contribution < -0.4 is 9.47 Å². The minimum Gasteiger partial charge on any atom is -0.497 e. The molecule has 2 aliphatic rings. The molecular weight excluding hydrogens is 342 g/mol. The molecule has 1 amide bonds. The molecule has 27 heavy (non-hydrogen) atoms. The van der Waals surface area contributed by atoms with E-state index in [0.717, 1.165) is 43.6 Å². The van der Waals surface area contributed by atoms with Crippen LogP contribution >= 0.6 is 0 Å². The fourth-order valence-corrected chi connectivity index (χ4v) is 4.08. The van der Waals surface area contributed by atoms with Crippen molar-refractivity contribution < 1.29 is 19.0 Å². The molecule has 0 radical (unpaired) electrons. The molecule has 2 atom stereocenters. The molecule has 0 spiro atoms. The van der Waals surface area contributed by atoms with Crippen LogP contribution in [0.5, 0.6) is 11.5 Å². The number of ether oxygens (including phenoxy) is 3. The Morgan fingerprint density at radius 1 is 1.11 bits per heavy atom. The van der Waals surface area contributed by atoms with Crippen molar-refractivity contribution >= 4 is 6.09 Å². The molecule has 3 rings (SSSR count). The topological polar surface area (TPSA) is 48.0 Å². The van der Waals surface area contributed by atoms with Gasteiger partial charge >= 0.3 is 6.09 Å². The first-order chi connectivity index (χ1) is 12.8. The average Bonchev–Trinajstić information content (AvgIpc) is 2.59. The highest BCUT2D eigenvalue weighted by molar-refractivity contribution is 5.70. The molecule has 1 fully saturated rings. The van der Waals surface area contributed by atoms with E-state index in [2.05, 4.69) is 18.2 Å². The molecule has 1 aromatic carbocycles. The number of amides is 1. The molecule has 2 unspecified atom stereocenters. The maximum absolute atomic E-state index is 12.7. The average molecular weight is 373 g/mol. The van der Waals surface area contributed by atoms with Gasteiger partial charge in [0.1, 0.15) is 17.1 Å². The first kappa shape index (κ1) is 19.6. The molecule has 2 heterocycles. The Morgan fingerprint density at radius 2 is 1.78 bits per heavy atom. The van der Waals surface area contributed by atoms with Gasteiger partial charge in [-0.25, -0.2) is 4.79 Å². The SMILES string of the molecule is COc1cc(CC2=CC3CCCC(C2)N3C(=O)OC(C)(C)C)cc(OC)c1. The van der Waals surface area contributed by atoms with Crippen LogP contribution in [0.4, 0.5) is 4.79 Å². The summed E-state index contributed by atoms with van der Waals surface area (Å²) in [5, 5.41) is 0. The van der Waals surface area contributed by atoms with Gasteiger partial charge in [-0.3, -0.25) is 4.90 Å². The van der Waals surface area contributed by atoms with E-state index in [4.69, 9.17) is 14.2 Å². The van der Waals surface area contributed by atoms with Crippen molar-refractivity contribution in [2.45, 2.75) is 70.6 Å². The van der Waals surface area contributed by atoms with Crippen LogP contribution in [0.25, 0.3) is 0 Å². The molecule has 2 aliphatic heterocycles. The molecule has 2 bridgehead atoms. The lowest BCUT2D eigenvalue weighted by molar-refractivity contribution is -0.00149. The van der Waals surface area contributed by atoms with E-state index in [9.17, 15) is 4.79 Å². The summed E-state index contributed by atoms with van der Waals surface area (Å²) in [4.78, 5) is 14.7. The molecule has 1 saturated heterocycles. The Bertz CT molecular complexity index is 697. The van der Waals surface area contributed by atoms with Crippen LogP contribution in [-0.4, -0.2) is 42.9 Å². The number of piperidine rings is 1. The van der Waals surface area contributed by atoms with E-state index >= 15 is 0 Å². The number of carbonyl (C=O) groups is 1. The third-order valence-electron chi connectivity index (χ3n) is 5.16. The fourth-order valence-electron chi connectivity index (χ4n) is 4.08. The van der Waals surface area contributed by atoms with Gasteiger partial charge in [0.05, 0.1) is 20.3 Å². The quantitative estimate of drug-likeness (QED) is 0.716. The summed E-state index contributed by atoms with van der Waals surface area (Å²) in [5.41, 5.74) is 2.08. The van der Waals surface area contributed by atoms with Crippen LogP contribution in [0.3, 0.4) is 0 Å². The number of fused-ring (bicyclic) bond motifs is 2. The van der Waals surface area contributed by atoms with Crippen molar-refractivity contribution in [2.75, 3.05) is 14.2 Å². The predicted molar refractivity (Wildman–Crippen MR) is 105 cm³/mol. The highest BCUT2D eigenvalue weighted by Crippen LogP contribution is 2.36. The number of nitrogens with zero attached hydrogens (tertiary/aromatic N) is 1. The van der Waals surface area contributed by atoms with Gasteiger partial charge in [-0.05, 0) is 70.6 Å². The largest absolute Gasteiger partial charge is 0.497 e. The van der Waals surface area contributed by atoms with Crippen molar-refractivity contribution in [1.82, 2.24) is 4.90 Å². The number of methoxy groups -OCH3 is 2. The zero-order valence-electron chi connectivity index (χ0n) is 17.1. The first-order valence-electron chi connectivity index (χ1n) is 9.72. The van der Waals surface area contributed by atoms with Crippen molar-refractivity contribution in [3.63, 3.8) is 0 Å². The summed E-state index contributed by atoms with van der Waals surface area (Å²) in [6.07, 6.45) is 7.03. The Balaban J connectivity index is 1.78. The molecule has 148 valence electrons. The van der Waals surface area contributed by atoms with E-state index in [1.165, 1.54) is 11.1 Å². The van der Waals surface area contributed by atoms with Crippen molar-refractivity contribution in [3.05, 3.63) is 35.4 Å². The highest BCUT2D eigenvalue weighted by atomic mass is 16.6. The molecule has 5 nitrogen and oxygen atoms in total. The van der Waals surface area contributed by atoms with Crippen LogP contribution in [-0.2, 0) is 11.2 Å². The number of hydrogen-bond donors (Lipinski definition) is 0. The maximum Gasteiger partial charge on any atom is 0.411 e. The third-order valence-corrected chi connectivity index (χ3v) is 5.16. The summed E-state index contributed by atoms with van der Waals surface area (Å²) in [6.45, 7) is 5.76. The normalized spacial score (nSPS) is 22.1. The summed E-state index contributed by atoms with van der Waals surface area (Å²) in [7, 11) is 3.34.